The number of anilines is 1. The van der Waals surface area contributed by atoms with E-state index in [2.05, 4.69) is 21.4 Å². The van der Waals surface area contributed by atoms with E-state index in [1.54, 1.807) is 18.2 Å². The van der Waals surface area contributed by atoms with Gasteiger partial charge >= 0.3 is 0 Å². The molecule has 2 aromatic heterocycles. The van der Waals surface area contributed by atoms with Crippen molar-refractivity contribution in [2.45, 2.75) is 18.4 Å². The maximum absolute atomic E-state index is 12.6. The highest BCUT2D eigenvalue weighted by Gasteiger charge is 2.11. The van der Waals surface area contributed by atoms with Crippen LogP contribution < -0.4 is 5.32 Å². The molecular weight excluding hydrogens is 440 g/mol. The molecule has 5 nitrogen and oxygen atoms in total. The third-order valence-corrected chi connectivity index (χ3v) is 6.05. The lowest BCUT2D eigenvalue weighted by Gasteiger charge is -2.10. The van der Waals surface area contributed by atoms with Gasteiger partial charge in [-0.15, -0.1) is 11.8 Å². The van der Waals surface area contributed by atoms with Gasteiger partial charge in [0.2, 0.25) is 5.91 Å². The molecule has 0 radical (unpaired) electrons. The SMILES string of the molecule is Cc1cc(NC(=O)CCSc2nc(-c3ccc(Cl)cc3)ccc2C#N)c2ccccc2n1. The number of benzene rings is 2. The third-order valence-electron chi connectivity index (χ3n) is 4.81. The number of nitriles is 1. The smallest absolute Gasteiger partial charge is 0.225 e. The van der Waals surface area contributed by atoms with Gasteiger partial charge in [0.1, 0.15) is 11.1 Å². The largest absolute Gasteiger partial charge is 0.325 e. The van der Waals surface area contributed by atoms with Gasteiger partial charge in [-0.05, 0) is 43.3 Å². The summed E-state index contributed by atoms with van der Waals surface area (Å²) in [5.74, 6) is 0.403. The van der Waals surface area contributed by atoms with Gasteiger partial charge in [-0.1, -0.05) is 41.9 Å². The standard InChI is InChI=1S/C25H19ClN4OS/c1-16-14-23(20-4-2-3-5-22(20)28-16)29-24(31)12-13-32-25-18(15-27)8-11-21(30-25)17-6-9-19(26)10-7-17/h2-11,14H,12-13H2,1H3,(H,28,29,31). The Balaban J connectivity index is 1.44. The summed E-state index contributed by atoms with van der Waals surface area (Å²) in [6.45, 7) is 1.90. The number of halogens is 1. The van der Waals surface area contributed by atoms with Crippen LogP contribution in [0.15, 0.2) is 71.8 Å². The maximum atomic E-state index is 12.6. The summed E-state index contributed by atoms with van der Waals surface area (Å²) in [6, 6.07) is 22.7. The van der Waals surface area contributed by atoms with Crippen LogP contribution in [0.25, 0.3) is 22.2 Å². The predicted octanol–water partition coefficient (Wildman–Crippen LogP) is 6.25. The summed E-state index contributed by atoms with van der Waals surface area (Å²) in [5, 5.41) is 14.6. The fraction of sp³-hybridized carbons (Fsp3) is 0.120. The van der Waals surface area contributed by atoms with Crippen molar-refractivity contribution in [1.29, 1.82) is 5.26 Å². The van der Waals surface area contributed by atoms with Crippen LogP contribution in [-0.4, -0.2) is 21.6 Å². The van der Waals surface area contributed by atoms with Gasteiger partial charge in [0.25, 0.3) is 0 Å². The van der Waals surface area contributed by atoms with Crippen LogP contribution in [0.4, 0.5) is 5.69 Å². The zero-order valence-corrected chi connectivity index (χ0v) is 18.9. The van der Waals surface area contributed by atoms with Gasteiger partial charge < -0.3 is 5.32 Å². The number of para-hydroxylation sites is 1. The minimum absolute atomic E-state index is 0.0967. The molecule has 4 rings (SSSR count). The zero-order chi connectivity index (χ0) is 22.5. The second-order valence-electron chi connectivity index (χ2n) is 7.14. The highest BCUT2D eigenvalue weighted by atomic mass is 35.5. The van der Waals surface area contributed by atoms with Gasteiger partial charge in [0.05, 0.1) is 22.5 Å². The van der Waals surface area contributed by atoms with Crippen LogP contribution in [-0.2, 0) is 4.79 Å². The van der Waals surface area contributed by atoms with E-state index in [4.69, 9.17) is 11.6 Å². The molecule has 0 bridgehead atoms. The summed E-state index contributed by atoms with van der Waals surface area (Å²) in [4.78, 5) is 21.7. The highest BCUT2D eigenvalue weighted by molar-refractivity contribution is 7.99. The number of rotatable bonds is 6. The van der Waals surface area contributed by atoms with Gasteiger partial charge in [-0.2, -0.15) is 5.26 Å². The monoisotopic (exact) mass is 458 g/mol. The molecule has 0 saturated carbocycles. The normalized spacial score (nSPS) is 10.7. The van der Waals surface area contributed by atoms with Crippen LogP contribution in [0.1, 0.15) is 17.7 Å². The van der Waals surface area contributed by atoms with Gasteiger partial charge in [-0.25, -0.2) is 4.98 Å². The summed E-state index contributed by atoms with van der Waals surface area (Å²) < 4.78 is 0. The van der Waals surface area contributed by atoms with E-state index >= 15 is 0 Å². The van der Waals surface area contributed by atoms with Crippen molar-refractivity contribution in [2.24, 2.45) is 0 Å². The summed E-state index contributed by atoms with van der Waals surface area (Å²) >= 11 is 7.36. The first kappa shape index (κ1) is 21.8. The Morgan fingerprint density at radius 1 is 1.09 bits per heavy atom. The summed E-state index contributed by atoms with van der Waals surface area (Å²) in [5.41, 5.74) is 4.60. The molecule has 4 aromatic rings. The van der Waals surface area contributed by atoms with E-state index in [9.17, 15) is 10.1 Å². The Morgan fingerprint density at radius 3 is 2.66 bits per heavy atom. The number of amides is 1. The Labute approximate surface area is 195 Å². The summed E-state index contributed by atoms with van der Waals surface area (Å²) in [7, 11) is 0. The average molecular weight is 459 g/mol. The second kappa shape index (κ2) is 9.82. The average Bonchev–Trinajstić information content (AvgIpc) is 2.79. The van der Waals surface area contributed by atoms with E-state index in [-0.39, 0.29) is 12.3 Å². The molecule has 158 valence electrons. The molecule has 0 atom stereocenters. The lowest BCUT2D eigenvalue weighted by Crippen LogP contribution is -2.13. The molecule has 0 saturated heterocycles. The molecule has 0 aliphatic carbocycles. The Kier molecular flexibility index (Phi) is 6.69. The van der Waals surface area contributed by atoms with Crippen molar-refractivity contribution < 1.29 is 4.79 Å². The van der Waals surface area contributed by atoms with Crippen molar-refractivity contribution >= 4 is 45.9 Å². The van der Waals surface area contributed by atoms with Gasteiger partial charge in [0, 0.05) is 33.8 Å². The van der Waals surface area contributed by atoms with Crippen LogP contribution in [0, 0.1) is 18.3 Å². The van der Waals surface area contributed by atoms with E-state index < -0.39 is 0 Å². The minimum atomic E-state index is -0.0967. The Bertz CT molecular complexity index is 1330. The maximum Gasteiger partial charge on any atom is 0.225 e. The first-order valence-corrected chi connectivity index (χ1v) is 11.4. The number of carbonyl (C=O) groups is 1. The highest BCUT2D eigenvalue weighted by Crippen LogP contribution is 2.27. The number of carbonyl (C=O) groups excluding carboxylic acids is 1. The van der Waals surface area contributed by atoms with Crippen LogP contribution >= 0.6 is 23.4 Å². The molecule has 1 N–H and O–H groups in total. The molecule has 0 spiro atoms. The quantitative estimate of drug-likeness (QED) is 0.345. The van der Waals surface area contributed by atoms with Crippen molar-refractivity contribution in [2.75, 3.05) is 11.1 Å². The molecule has 0 aliphatic heterocycles. The number of fused-ring (bicyclic) bond motifs is 1. The van der Waals surface area contributed by atoms with Crippen molar-refractivity contribution in [3.63, 3.8) is 0 Å². The number of aromatic nitrogens is 2. The fourth-order valence-electron chi connectivity index (χ4n) is 3.28. The number of pyridine rings is 2. The van der Waals surface area contributed by atoms with Crippen LogP contribution in [0.5, 0.6) is 0 Å². The molecule has 0 unspecified atom stereocenters. The number of hydrogen-bond donors (Lipinski definition) is 1. The molecule has 2 heterocycles. The van der Waals surface area contributed by atoms with E-state index in [0.29, 0.717) is 21.4 Å². The number of hydrogen-bond acceptors (Lipinski definition) is 5. The minimum Gasteiger partial charge on any atom is -0.325 e. The third kappa shape index (κ3) is 5.08. The lowest BCUT2D eigenvalue weighted by atomic mass is 10.1. The first-order chi connectivity index (χ1) is 15.5. The summed E-state index contributed by atoms with van der Waals surface area (Å²) in [6.07, 6.45) is 0.290. The van der Waals surface area contributed by atoms with E-state index in [1.165, 1.54) is 11.8 Å². The van der Waals surface area contributed by atoms with Crippen LogP contribution in [0.3, 0.4) is 0 Å². The van der Waals surface area contributed by atoms with Crippen molar-refractivity contribution in [3.8, 4) is 17.3 Å². The van der Waals surface area contributed by atoms with Crippen LogP contribution in [0.2, 0.25) is 5.02 Å². The van der Waals surface area contributed by atoms with Gasteiger partial charge in [0.15, 0.2) is 0 Å². The van der Waals surface area contributed by atoms with E-state index in [1.807, 2.05) is 55.5 Å². The van der Waals surface area contributed by atoms with Crippen molar-refractivity contribution in [1.82, 2.24) is 9.97 Å². The Hall–Kier alpha value is -3.40. The first-order valence-electron chi connectivity index (χ1n) is 9.99. The van der Waals surface area contributed by atoms with E-state index in [0.717, 1.165) is 33.5 Å². The number of nitrogens with one attached hydrogen (secondary N) is 1. The Morgan fingerprint density at radius 2 is 1.88 bits per heavy atom. The topological polar surface area (TPSA) is 78.7 Å². The second-order valence-corrected chi connectivity index (χ2v) is 8.66. The molecular formula is C25H19ClN4OS. The predicted molar refractivity (Wildman–Crippen MR) is 130 cm³/mol. The molecule has 0 aliphatic rings. The fourth-order valence-corrected chi connectivity index (χ4v) is 4.32. The molecule has 7 heteroatoms. The number of nitrogens with zero attached hydrogens (tertiary/aromatic N) is 3. The molecule has 32 heavy (non-hydrogen) atoms. The number of aryl methyl sites for hydroxylation is 1. The molecule has 0 fully saturated rings. The van der Waals surface area contributed by atoms with Crippen molar-refractivity contribution in [3.05, 3.63) is 83.0 Å². The molecule has 1 amide bonds. The lowest BCUT2D eigenvalue weighted by molar-refractivity contribution is -0.115. The number of thioether (sulfide) groups is 1. The zero-order valence-electron chi connectivity index (χ0n) is 17.3. The van der Waals surface area contributed by atoms with Gasteiger partial charge in [-0.3, -0.25) is 9.78 Å². The molecule has 2 aromatic carbocycles.